The van der Waals surface area contributed by atoms with E-state index in [9.17, 15) is 23.1 Å². The minimum Gasteiger partial charge on any atom is -0.480 e. The van der Waals surface area contributed by atoms with Gasteiger partial charge < -0.3 is 10.0 Å². The van der Waals surface area contributed by atoms with E-state index in [0.29, 0.717) is 17.7 Å². The van der Waals surface area contributed by atoms with Gasteiger partial charge in [0.15, 0.2) is 0 Å². The summed E-state index contributed by atoms with van der Waals surface area (Å²) in [5, 5.41) is 9.58. The van der Waals surface area contributed by atoms with E-state index < -0.39 is 23.8 Å². The lowest BCUT2D eigenvalue weighted by Gasteiger charge is -2.34. The first-order valence-electron chi connectivity index (χ1n) is 8.57. The SMILES string of the molecule is CN(C)c1ccc(CN2Cc3cc(C(F)(F)F)ccc3CC2C(=O)O)cc1. The van der Waals surface area contributed by atoms with Crippen LogP contribution in [-0.2, 0) is 30.5 Å². The topological polar surface area (TPSA) is 43.8 Å². The first-order valence-corrected chi connectivity index (χ1v) is 8.57. The van der Waals surface area contributed by atoms with Crippen LogP contribution < -0.4 is 4.90 Å². The summed E-state index contributed by atoms with van der Waals surface area (Å²) in [6.45, 7) is 0.534. The van der Waals surface area contributed by atoms with Crippen LogP contribution in [0, 0.1) is 0 Å². The smallest absolute Gasteiger partial charge is 0.416 e. The Bertz CT molecular complexity index is 832. The summed E-state index contributed by atoms with van der Waals surface area (Å²) in [5.41, 5.74) is 2.43. The number of nitrogens with zero attached hydrogens (tertiary/aromatic N) is 2. The summed E-state index contributed by atoms with van der Waals surface area (Å²) in [6, 6.07) is 10.5. The van der Waals surface area contributed by atoms with Crippen molar-refractivity contribution in [1.82, 2.24) is 4.90 Å². The second-order valence-corrected chi connectivity index (χ2v) is 7.01. The molecular weight excluding hydrogens is 357 g/mol. The van der Waals surface area contributed by atoms with Crippen LogP contribution in [0.5, 0.6) is 0 Å². The van der Waals surface area contributed by atoms with Crippen molar-refractivity contribution in [3.8, 4) is 0 Å². The zero-order valence-electron chi connectivity index (χ0n) is 15.1. The van der Waals surface area contributed by atoms with Crippen LogP contribution in [0.3, 0.4) is 0 Å². The fourth-order valence-electron chi connectivity index (χ4n) is 3.36. The third kappa shape index (κ3) is 4.24. The van der Waals surface area contributed by atoms with E-state index in [1.165, 1.54) is 6.07 Å². The summed E-state index contributed by atoms with van der Waals surface area (Å²) in [6.07, 6.45) is -4.22. The van der Waals surface area contributed by atoms with Crippen molar-refractivity contribution in [2.75, 3.05) is 19.0 Å². The number of aliphatic carboxylic acids is 1. The molecule has 0 aliphatic carbocycles. The van der Waals surface area contributed by atoms with E-state index in [2.05, 4.69) is 0 Å². The van der Waals surface area contributed by atoms with Crippen LogP contribution in [0.25, 0.3) is 0 Å². The van der Waals surface area contributed by atoms with Gasteiger partial charge in [-0.1, -0.05) is 18.2 Å². The van der Waals surface area contributed by atoms with Gasteiger partial charge in [0.2, 0.25) is 0 Å². The molecule has 1 unspecified atom stereocenters. The number of carboxylic acid groups (broad SMARTS) is 1. The van der Waals surface area contributed by atoms with Crippen molar-refractivity contribution in [3.05, 3.63) is 64.7 Å². The first-order chi connectivity index (χ1) is 12.6. The number of carbonyl (C=O) groups is 1. The minimum atomic E-state index is -4.41. The quantitative estimate of drug-likeness (QED) is 0.879. The Morgan fingerprint density at radius 2 is 1.81 bits per heavy atom. The molecule has 2 aromatic carbocycles. The largest absolute Gasteiger partial charge is 0.480 e. The van der Waals surface area contributed by atoms with Crippen molar-refractivity contribution in [1.29, 1.82) is 0 Å². The van der Waals surface area contributed by atoms with Crippen molar-refractivity contribution in [3.63, 3.8) is 0 Å². The Balaban J connectivity index is 1.86. The Kier molecular flexibility index (Phi) is 5.15. The molecule has 0 amide bonds. The van der Waals surface area contributed by atoms with Gasteiger partial charge in [-0.2, -0.15) is 13.2 Å². The Hall–Kier alpha value is -2.54. The number of rotatable bonds is 4. The molecule has 144 valence electrons. The number of alkyl halides is 3. The van der Waals surface area contributed by atoms with Crippen molar-refractivity contribution in [2.45, 2.75) is 31.7 Å². The molecule has 1 atom stereocenters. The molecule has 0 spiro atoms. The summed E-state index contributed by atoms with van der Waals surface area (Å²) in [4.78, 5) is 15.4. The highest BCUT2D eigenvalue weighted by Gasteiger charge is 2.35. The number of carboxylic acids is 1. The second kappa shape index (κ2) is 7.23. The highest BCUT2D eigenvalue weighted by atomic mass is 19.4. The molecule has 3 rings (SSSR count). The van der Waals surface area contributed by atoms with Crippen LogP contribution in [0.2, 0.25) is 0 Å². The molecule has 1 N–H and O–H groups in total. The van der Waals surface area contributed by atoms with Crippen LogP contribution >= 0.6 is 0 Å². The van der Waals surface area contributed by atoms with Gasteiger partial charge >= 0.3 is 12.1 Å². The lowest BCUT2D eigenvalue weighted by Crippen LogP contribution is -2.45. The molecule has 27 heavy (non-hydrogen) atoms. The molecule has 2 aromatic rings. The molecule has 0 saturated heterocycles. The normalized spacial score (nSPS) is 17.4. The van der Waals surface area contributed by atoms with E-state index in [1.807, 2.05) is 43.3 Å². The molecule has 0 fully saturated rings. The van der Waals surface area contributed by atoms with Gasteiger partial charge in [-0.05, 0) is 47.4 Å². The molecular formula is C20H21F3N2O2. The van der Waals surface area contributed by atoms with Gasteiger partial charge in [0.25, 0.3) is 0 Å². The molecule has 0 aromatic heterocycles. The Labute approximate surface area is 155 Å². The van der Waals surface area contributed by atoms with E-state index in [4.69, 9.17) is 0 Å². The maximum Gasteiger partial charge on any atom is 0.416 e. The monoisotopic (exact) mass is 378 g/mol. The zero-order valence-corrected chi connectivity index (χ0v) is 15.1. The second-order valence-electron chi connectivity index (χ2n) is 7.01. The van der Waals surface area contributed by atoms with Gasteiger partial charge in [-0.15, -0.1) is 0 Å². The van der Waals surface area contributed by atoms with Crippen LogP contribution in [0.4, 0.5) is 18.9 Å². The van der Waals surface area contributed by atoms with E-state index in [-0.39, 0.29) is 13.0 Å². The van der Waals surface area contributed by atoms with Gasteiger partial charge in [-0.25, -0.2) is 0 Å². The molecule has 4 nitrogen and oxygen atoms in total. The summed E-state index contributed by atoms with van der Waals surface area (Å²) >= 11 is 0. The van der Waals surface area contributed by atoms with E-state index in [1.54, 1.807) is 4.90 Å². The zero-order chi connectivity index (χ0) is 19.8. The molecule has 1 heterocycles. The standard InChI is InChI=1S/C20H21F3N2O2/c1-24(2)17-7-3-13(4-8-17)11-25-12-15-9-16(20(21,22)23)6-5-14(15)10-18(25)19(26)27/h3-9,18H,10-12H2,1-2H3,(H,26,27). The Morgan fingerprint density at radius 1 is 1.15 bits per heavy atom. The molecule has 7 heteroatoms. The number of hydrogen-bond acceptors (Lipinski definition) is 3. The van der Waals surface area contributed by atoms with Gasteiger partial charge in [0.05, 0.1) is 5.56 Å². The third-order valence-corrected chi connectivity index (χ3v) is 4.88. The molecule has 1 aliphatic heterocycles. The maximum atomic E-state index is 13.0. The fourth-order valence-corrected chi connectivity index (χ4v) is 3.36. The van der Waals surface area contributed by atoms with Crippen molar-refractivity contribution in [2.24, 2.45) is 0 Å². The van der Waals surface area contributed by atoms with Gasteiger partial charge in [0.1, 0.15) is 6.04 Å². The highest BCUT2D eigenvalue weighted by molar-refractivity contribution is 5.74. The van der Waals surface area contributed by atoms with Crippen LogP contribution in [-0.4, -0.2) is 36.1 Å². The minimum absolute atomic E-state index is 0.172. The van der Waals surface area contributed by atoms with E-state index >= 15 is 0 Å². The average Bonchev–Trinajstić information content (AvgIpc) is 2.60. The predicted octanol–water partition coefficient (Wildman–Crippen LogP) is 3.78. The summed E-state index contributed by atoms with van der Waals surface area (Å²) in [7, 11) is 3.85. The highest BCUT2D eigenvalue weighted by Crippen LogP contribution is 2.33. The summed E-state index contributed by atoms with van der Waals surface area (Å²) < 4.78 is 39.0. The lowest BCUT2D eigenvalue weighted by molar-refractivity contribution is -0.144. The Morgan fingerprint density at radius 3 is 2.37 bits per heavy atom. The number of fused-ring (bicyclic) bond motifs is 1. The number of halogens is 3. The maximum absolute atomic E-state index is 13.0. The van der Waals surface area contributed by atoms with Gasteiger partial charge in [0, 0.05) is 32.9 Å². The third-order valence-electron chi connectivity index (χ3n) is 4.88. The average molecular weight is 378 g/mol. The first kappa shape index (κ1) is 19.2. The molecule has 0 bridgehead atoms. The van der Waals surface area contributed by atoms with E-state index in [0.717, 1.165) is 23.4 Å². The molecule has 0 radical (unpaired) electrons. The lowest BCUT2D eigenvalue weighted by atomic mass is 9.92. The van der Waals surface area contributed by atoms with Gasteiger partial charge in [-0.3, -0.25) is 9.69 Å². The molecule has 1 aliphatic rings. The van der Waals surface area contributed by atoms with Crippen LogP contribution in [0.1, 0.15) is 22.3 Å². The summed E-state index contributed by atoms with van der Waals surface area (Å²) in [5.74, 6) is -0.967. The molecule has 0 saturated carbocycles. The van der Waals surface area contributed by atoms with Crippen molar-refractivity contribution < 1.29 is 23.1 Å². The fraction of sp³-hybridized carbons (Fsp3) is 0.350. The predicted molar refractivity (Wildman–Crippen MR) is 96.6 cm³/mol. The van der Waals surface area contributed by atoms with Crippen molar-refractivity contribution >= 4 is 11.7 Å². The number of benzene rings is 2. The van der Waals surface area contributed by atoms with Crippen LogP contribution in [0.15, 0.2) is 42.5 Å². The number of anilines is 1. The number of hydrogen-bond donors (Lipinski definition) is 1.